The zero-order valence-electron chi connectivity index (χ0n) is 14.9. The van der Waals surface area contributed by atoms with Crippen molar-refractivity contribution in [2.24, 2.45) is 0 Å². The van der Waals surface area contributed by atoms with Crippen molar-refractivity contribution in [3.8, 4) is 0 Å². The van der Waals surface area contributed by atoms with Crippen molar-refractivity contribution in [3.63, 3.8) is 0 Å². The fourth-order valence-electron chi connectivity index (χ4n) is 2.69. The van der Waals surface area contributed by atoms with Crippen LogP contribution in [0.2, 0.25) is 0 Å². The second kappa shape index (κ2) is 8.12. The number of hydrogen-bond acceptors (Lipinski definition) is 5. The van der Waals surface area contributed by atoms with E-state index < -0.39 is 30.9 Å². The summed E-state index contributed by atoms with van der Waals surface area (Å²) in [5.41, 5.74) is 0.669. The standard InChI is InChI=1S/C19H18FNO4S3/c1-14-12-16(9-10-17(14)20)28(24,25)21-13-18(15-6-3-2-4-7-15)27(22,23)19-8-5-11-26-19/h2-12,18,21H,13H2,1H3. The zero-order chi connectivity index (χ0) is 20.4. The summed E-state index contributed by atoms with van der Waals surface area (Å²) in [4.78, 5) is -0.119. The van der Waals surface area contributed by atoms with E-state index in [4.69, 9.17) is 0 Å². The average Bonchev–Trinajstić information content (AvgIpc) is 3.20. The highest BCUT2D eigenvalue weighted by molar-refractivity contribution is 7.93. The van der Waals surface area contributed by atoms with E-state index in [2.05, 4.69) is 4.72 Å². The third-order valence-corrected chi connectivity index (χ3v) is 9.17. The van der Waals surface area contributed by atoms with Crippen molar-refractivity contribution in [2.45, 2.75) is 21.3 Å². The van der Waals surface area contributed by atoms with Crippen molar-refractivity contribution < 1.29 is 21.2 Å². The molecule has 1 N–H and O–H groups in total. The monoisotopic (exact) mass is 439 g/mol. The quantitative estimate of drug-likeness (QED) is 0.609. The number of aryl methyl sites for hydroxylation is 1. The van der Waals surface area contributed by atoms with Crippen molar-refractivity contribution >= 4 is 31.2 Å². The van der Waals surface area contributed by atoms with Crippen LogP contribution in [0.25, 0.3) is 0 Å². The fraction of sp³-hybridized carbons (Fsp3) is 0.158. The Bertz CT molecular complexity index is 1160. The Morgan fingerprint density at radius 1 is 1.00 bits per heavy atom. The molecule has 5 nitrogen and oxygen atoms in total. The van der Waals surface area contributed by atoms with Gasteiger partial charge in [0.2, 0.25) is 10.0 Å². The molecular formula is C19H18FNO4S3. The summed E-state index contributed by atoms with van der Waals surface area (Å²) in [6.07, 6.45) is 0. The minimum atomic E-state index is -4.01. The predicted octanol–water partition coefficient (Wildman–Crippen LogP) is 3.69. The minimum absolute atomic E-state index is 0.119. The molecule has 2 aromatic carbocycles. The molecule has 0 aliphatic carbocycles. The Morgan fingerprint density at radius 2 is 1.71 bits per heavy atom. The van der Waals surface area contributed by atoms with Crippen LogP contribution < -0.4 is 4.72 Å². The lowest BCUT2D eigenvalue weighted by Crippen LogP contribution is -2.32. The number of sulfone groups is 1. The molecule has 0 saturated heterocycles. The molecule has 3 aromatic rings. The highest BCUT2D eigenvalue weighted by Crippen LogP contribution is 2.31. The molecule has 1 atom stereocenters. The maximum absolute atomic E-state index is 13.4. The van der Waals surface area contributed by atoms with Crippen LogP contribution in [-0.4, -0.2) is 23.4 Å². The minimum Gasteiger partial charge on any atom is -0.222 e. The van der Waals surface area contributed by atoms with Crippen LogP contribution in [0, 0.1) is 12.7 Å². The van der Waals surface area contributed by atoms with Crippen molar-refractivity contribution in [1.29, 1.82) is 0 Å². The molecule has 0 radical (unpaired) electrons. The molecule has 9 heteroatoms. The smallest absolute Gasteiger partial charge is 0.222 e. The van der Waals surface area contributed by atoms with Crippen LogP contribution in [-0.2, 0) is 19.9 Å². The molecule has 0 spiro atoms. The van der Waals surface area contributed by atoms with Crippen molar-refractivity contribution in [3.05, 3.63) is 83.0 Å². The first-order chi connectivity index (χ1) is 13.2. The maximum Gasteiger partial charge on any atom is 0.240 e. The van der Waals surface area contributed by atoms with Gasteiger partial charge in [-0.3, -0.25) is 0 Å². The van der Waals surface area contributed by atoms with Gasteiger partial charge in [0.15, 0.2) is 9.84 Å². The van der Waals surface area contributed by atoms with Crippen LogP contribution in [0.15, 0.2) is 75.1 Å². The normalized spacial score (nSPS) is 13.4. The number of nitrogens with one attached hydrogen (secondary N) is 1. The highest BCUT2D eigenvalue weighted by Gasteiger charge is 2.31. The number of rotatable bonds is 7. The van der Waals surface area contributed by atoms with E-state index in [9.17, 15) is 21.2 Å². The Kier molecular flexibility index (Phi) is 5.99. The molecule has 0 bridgehead atoms. The maximum atomic E-state index is 13.4. The van der Waals surface area contributed by atoms with Gasteiger partial charge in [-0.25, -0.2) is 25.9 Å². The largest absolute Gasteiger partial charge is 0.240 e. The molecule has 28 heavy (non-hydrogen) atoms. The SMILES string of the molecule is Cc1cc(S(=O)(=O)NCC(c2ccccc2)S(=O)(=O)c2cccs2)ccc1F. The highest BCUT2D eigenvalue weighted by atomic mass is 32.2. The molecule has 1 heterocycles. The van der Waals surface area contributed by atoms with Gasteiger partial charge in [-0.1, -0.05) is 36.4 Å². The van der Waals surface area contributed by atoms with E-state index in [1.807, 2.05) is 0 Å². The predicted molar refractivity (Wildman–Crippen MR) is 107 cm³/mol. The third-order valence-electron chi connectivity index (χ3n) is 4.22. The molecule has 0 saturated carbocycles. The summed E-state index contributed by atoms with van der Waals surface area (Å²) in [5, 5.41) is 0.559. The van der Waals surface area contributed by atoms with Crippen LogP contribution in [0.5, 0.6) is 0 Å². The van der Waals surface area contributed by atoms with E-state index >= 15 is 0 Å². The van der Waals surface area contributed by atoms with E-state index in [0.717, 1.165) is 23.5 Å². The summed E-state index contributed by atoms with van der Waals surface area (Å²) in [7, 11) is -7.81. The first kappa shape index (κ1) is 20.7. The van der Waals surface area contributed by atoms with Crippen LogP contribution in [0.4, 0.5) is 4.39 Å². The number of hydrogen-bond donors (Lipinski definition) is 1. The Balaban J connectivity index is 1.93. The zero-order valence-corrected chi connectivity index (χ0v) is 17.3. The van der Waals surface area contributed by atoms with E-state index in [0.29, 0.717) is 5.56 Å². The topological polar surface area (TPSA) is 80.3 Å². The summed E-state index contributed by atoms with van der Waals surface area (Å²) < 4.78 is 67.4. The molecule has 0 amide bonds. The molecule has 1 unspecified atom stereocenters. The number of sulfonamides is 1. The molecule has 148 valence electrons. The number of halogens is 1. The lowest BCUT2D eigenvalue weighted by Gasteiger charge is -2.18. The van der Waals surface area contributed by atoms with Crippen molar-refractivity contribution in [2.75, 3.05) is 6.54 Å². The molecule has 0 aliphatic heterocycles. The van der Waals surface area contributed by atoms with Crippen LogP contribution >= 0.6 is 11.3 Å². The second-order valence-corrected chi connectivity index (χ2v) is 11.2. The Labute approximate surface area is 167 Å². The van der Waals surface area contributed by atoms with Gasteiger partial charge in [0.05, 0.1) is 4.90 Å². The molecule has 3 rings (SSSR count). The second-order valence-electron chi connectivity index (χ2n) is 6.14. The first-order valence-corrected chi connectivity index (χ1v) is 12.2. The van der Waals surface area contributed by atoms with Gasteiger partial charge in [-0.2, -0.15) is 0 Å². The summed E-state index contributed by atoms with van der Waals surface area (Å²) in [5.74, 6) is -0.513. The summed E-state index contributed by atoms with van der Waals surface area (Å²) in [6, 6.07) is 15.0. The number of benzene rings is 2. The summed E-state index contributed by atoms with van der Waals surface area (Å²) >= 11 is 1.08. The van der Waals surface area contributed by atoms with E-state index in [1.165, 1.54) is 19.1 Å². The van der Waals surface area contributed by atoms with Crippen LogP contribution in [0.3, 0.4) is 0 Å². The Morgan fingerprint density at radius 3 is 2.32 bits per heavy atom. The van der Waals surface area contributed by atoms with Crippen molar-refractivity contribution in [1.82, 2.24) is 4.72 Å². The molecule has 0 aliphatic rings. The summed E-state index contributed by atoms with van der Waals surface area (Å²) in [6.45, 7) is 1.12. The van der Waals surface area contributed by atoms with Gasteiger partial charge in [0.1, 0.15) is 15.3 Å². The average molecular weight is 440 g/mol. The third kappa shape index (κ3) is 4.33. The number of thiophene rings is 1. The fourth-order valence-corrected chi connectivity index (χ4v) is 6.80. The van der Waals surface area contributed by atoms with Gasteiger partial charge in [0.25, 0.3) is 0 Å². The molecular weight excluding hydrogens is 421 g/mol. The van der Waals surface area contributed by atoms with Gasteiger partial charge < -0.3 is 0 Å². The molecule has 1 aromatic heterocycles. The Hall–Kier alpha value is -2.07. The van der Waals surface area contributed by atoms with Gasteiger partial charge in [-0.15, -0.1) is 11.3 Å². The van der Waals surface area contributed by atoms with Gasteiger partial charge >= 0.3 is 0 Å². The van der Waals surface area contributed by atoms with E-state index in [1.54, 1.807) is 41.8 Å². The van der Waals surface area contributed by atoms with Crippen LogP contribution in [0.1, 0.15) is 16.4 Å². The van der Waals surface area contributed by atoms with E-state index in [-0.39, 0.29) is 21.2 Å². The van der Waals surface area contributed by atoms with Gasteiger partial charge in [0, 0.05) is 6.54 Å². The lowest BCUT2D eigenvalue weighted by atomic mass is 10.1. The van der Waals surface area contributed by atoms with Gasteiger partial charge in [-0.05, 0) is 47.7 Å². The first-order valence-electron chi connectivity index (χ1n) is 8.30. The molecule has 0 fully saturated rings. The lowest BCUT2D eigenvalue weighted by molar-refractivity contribution is 0.569.